The van der Waals surface area contributed by atoms with Crippen molar-refractivity contribution in [2.75, 3.05) is 37.6 Å². The molecule has 3 heterocycles. The Bertz CT molecular complexity index is 670. The van der Waals surface area contributed by atoms with Crippen molar-refractivity contribution in [2.24, 2.45) is 11.3 Å². The zero-order valence-corrected chi connectivity index (χ0v) is 18.2. The van der Waals surface area contributed by atoms with Crippen molar-refractivity contribution in [1.82, 2.24) is 15.2 Å². The first-order chi connectivity index (χ1) is 14.1. The standard InChI is InChI=1S/C24H38N4O/c1-20(29)25-16-22-8-9-23(26-17-22)28-15-12-24(19-28)11-5-13-27(18-24)14-10-21-6-3-2-4-7-21/h8-9,17,21H,2-7,10-16,18-19H2,1H3,(H,25,29)/t24-/m0/s1. The van der Waals surface area contributed by atoms with Crippen molar-refractivity contribution in [2.45, 2.75) is 71.3 Å². The van der Waals surface area contributed by atoms with E-state index in [4.69, 9.17) is 4.98 Å². The Morgan fingerprint density at radius 1 is 1.14 bits per heavy atom. The van der Waals surface area contributed by atoms with Gasteiger partial charge in [-0.05, 0) is 56.3 Å². The van der Waals surface area contributed by atoms with Crippen LogP contribution in [0.4, 0.5) is 5.82 Å². The second-order valence-corrected chi connectivity index (χ2v) is 9.78. The van der Waals surface area contributed by atoms with E-state index in [2.05, 4.69) is 27.2 Å². The summed E-state index contributed by atoms with van der Waals surface area (Å²) in [4.78, 5) is 21.0. The molecule has 0 bridgehead atoms. The Balaban J connectivity index is 1.29. The molecular formula is C24H38N4O. The molecule has 4 rings (SSSR count). The van der Waals surface area contributed by atoms with Gasteiger partial charge in [-0.1, -0.05) is 38.2 Å². The van der Waals surface area contributed by atoms with Gasteiger partial charge in [0, 0.05) is 44.7 Å². The lowest BCUT2D eigenvalue weighted by Crippen LogP contribution is -2.45. The van der Waals surface area contributed by atoms with E-state index in [-0.39, 0.29) is 5.91 Å². The average molecular weight is 399 g/mol. The highest BCUT2D eigenvalue weighted by molar-refractivity contribution is 5.72. The van der Waals surface area contributed by atoms with Crippen molar-refractivity contribution in [3.63, 3.8) is 0 Å². The van der Waals surface area contributed by atoms with Crippen molar-refractivity contribution >= 4 is 11.7 Å². The predicted octanol–water partition coefficient (Wildman–Crippen LogP) is 3.98. The fourth-order valence-electron chi connectivity index (χ4n) is 5.74. The van der Waals surface area contributed by atoms with Crippen LogP contribution in [0.5, 0.6) is 0 Å². The number of aromatic nitrogens is 1. The molecule has 1 N–H and O–H groups in total. The summed E-state index contributed by atoms with van der Waals surface area (Å²) in [6.45, 7) is 8.25. The molecule has 3 aliphatic rings. The van der Waals surface area contributed by atoms with Crippen LogP contribution < -0.4 is 10.2 Å². The maximum atomic E-state index is 11.1. The number of pyridine rings is 1. The molecule has 1 atom stereocenters. The minimum atomic E-state index is 0.000834. The largest absolute Gasteiger partial charge is 0.356 e. The second-order valence-electron chi connectivity index (χ2n) is 9.78. The molecule has 1 aromatic heterocycles. The van der Waals surface area contributed by atoms with Crippen LogP contribution >= 0.6 is 0 Å². The molecule has 1 spiro atoms. The van der Waals surface area contributed by atoms with Crippen molar-refractivity contribution in [1.29, 1.82) is 0 Å². The van der Waals surface area contributed by atoms with E-state index >= 15 is 0 Å². The summed E-state index contributed by atoms with van der Waals surface area (Å²) < 4.78 is 0. The molecule has 3 fully saturated rings. The van der Waals surface area contributed by atoms with Crippen LogP contribution in [0, 0.1) is 11.3 Å². The van der Waals surface area contributed by atoms with E-state index in [1.165, 1.54) is 77.4 Å². The predicted molar refractivity (Wildman–Crippen MR) is 118 cm³/mol. The van der Waals surface area contributed by atoms with Gasteiger partial charge in [0.15, 0.2) is 0 Å². The minimum Gasteiger partial charge on any atom is -0.356 e. The highest BCUT2D eigenvalue weighted by Gasteiger charge is 2.41. The topological polar surface area (TPSA) is 48.5 Å². The maximum Gasteiger partial charge on any atom is 0.217 e. The van der Waals surface area contributed by atoms with Gasteiger partial charge in [0.2, 0.25) is 5.91 Å². The summed E-state index contributed by atoms with van der Waals surface area (Å²) in [7, 11) is 0. The van der Waals surface area contributed by atoms with Crippen LogP contribution in [0.2, 0.25) is 0 Å². The molecule has 1 aliphatic carbocycles. The molecule has 5 nitrogen and oxygen atoms in total. The Hall–Kier alpha value is -1.62. The van der Waals surface area contributed by atoms with E-state index in [0.717, 1.165) is 30.4 Å². The Kier molecular flexibility index (Phi) is 6.74. The van der Waals surface area contributed by atoms with Crippen LogP contribution in [0.15, 0.2) is 18.3 Å². The summed E-state index contributed by atoms with van der Waals surface area (Å²) in [5, 5.41) is 2.84. The number of piperidine rings is 1. The van der Waals surface area contributed by atoms with E-state index in [9.17, 15) is 4.79 Å². The molecule has 1 saturated carbocycles. The first-order valence-corrected chi connectivity index (χ1v) is 11.8. The number of hydrogen-bond acceptors (Lipinski definition) is 4. The number of carbonyl (C=O) groups excluding carboxylic acids is 1. The fraction of sp³-hybridized carbons (Fsp3) is 0.750. The average Bonchev–Trinajstić information content (AvgIpc) is 3.15. The van der Waals surface area contributed by atoms with Gasteiger partial charge in [-0.3, -0.25) is 4.79 Å². The molecule has 1 amide bonds. The highest BCUT2D eigenvalue weighted by atomic mass is 16.1. The summed E-state index contributed by atoms with van der Waals surface area (Å²) in [5.74, 6) is 2.08. The van der Waals surface area contributed by atoms with Crippen LogP contribution in [0.25, 0.3) is 0 Å². The van der Waals surface area contributed by atoms with Gasteiger partial charge in [0.25, 0.3) is 0 Å². The van der Waals surface area contributed by atoms with E-state index in [1.807, 2.05) is 6.20 Å². The number of carbonyl (C=O) groups is 1. The Morgan fingerprint density at radius 2 is 2.00 bits per heavy atom. The van der Waals surface area contributed by atoms with E-state index in [0.29, 0.717) is 12.0 Å². The normalized spacial score (nSPS) is 26.2. The third kappa shape index (κ3) is 5.50. The number of rotatable bonds is 6. The zero-order chi connectivity index (χ0) is 20.1. The summed E-state index contributed by atoms with van der Waals surface area (Å²) in [5.41, 5.74) is 1.52. The summed E-state index contributed by atoms with van der Waals surface area (Å²) in [6.07, 6.45) is 14.6. The van der Waals surface area contributed by atoms with Crippen LogP contribution in [0.3, 0.4) is 0 Å². The van der Waals surface area contributed by atoms with Crippen molar-refractivity contribution < 1.29 is 4.79 Å². The molecule has 2 saturated heterocycles. The lowest BCUT2D eigenvalue weighted by Gasteiger charge is -2.41. The van der Waals surface area contributed by atoms with E-state index in [1.54, 1.807) is 6.92 Å². The van der Waals surface area contributed by atoms with E-state index < -0.39 is 0 Å². The molecule has 0 radical (unpaired) electrons. The van der Waals surface area contributed by atoms with Gasteiger partial charge in [-0.15, -0.1) is 0 Å². The quantitative estimate of drug-likeness (QED) is 0.787. The SMILES string of the molecule is CC(=O)NCc1ccc(N2CC[C@]3(CCCN(CCC4CCCCC4)C3)C2)nc1. The maximum absolute atomic E-state index is 11.1. The summed E-state index contributed by atoms with van der Waals surface area (Å²) in [6, 6.07) is 4.22. The Morgan fingerprint density at radius 3 is 2.76 bits per heavy atom. The zero-order valence-electron chi connectivity index (χ0n) is 18.2. The lowest BCUT2D eigenvalue weighted by molar-refractivity contribution is -0.119. The van der Waals surface area contributed by atoms with Gasteiger partial charge >= 0.3 is 0 Å². The van der Waals surface area contributed by atoms with Gasteiger partial charge in [-0.25, -0.2) is 4.98 Å². The molecule has 2 aliphatic heterocycles. The highest BCUT2D eigenvalue weighted by Crippen LogP contribution is 2.40. The van der Waals surface area contributed by atoms with Gasteiger partial charge in [0.1, 0.15) is 5.82 Å². The first-order valence-electron chi connectivity index (χ1n) is 11.8. The monoisotopic (exact) mass is 398 g/mol. The lowest BCUT2D eigenvalue weighted by atomic mass is 9.79. The summed E-state index contributed by atoms with van der Waals surface area (Å²) >= 11 is 0. The number of hydrogen-bond donors (Lipinski definition) is 1. The van der Waals surface area contributed by atoms with Gasteiger partial charge in [0.05, 0.1) is 0 Å². The third-order valence-electron chi connectivity index (χ3n) is 7.43. The number of amides is 1. The molecule has 0 unspecified atom stereocenters. The van der Waals surface area contributed by atoms with Crippen molar-refractivity contribution in [3.05, 3.63) is 23.9 Å². The molecular weight excluding hydrogens is 360 g/mol. The molecule has 1 aromatic rings. The number of anilines is 1. The smallest absolute Gasteiger partial charge is 0.217 e. The Labute approximate surface area is 176 Å². The molecule has 160 valence electrons. The van der Waals surface area contributed by atoms with Gasteiger partial charge < -0.3 is 15.1 Å². The molecule has 0 aromatic carbocycles. The minimum absolute atomic E-state index is 0.000834. The molecule has 29 heavy (non-hydrogen) atoms. The fourth-order valence-corrected chi connectivity index (χ4v) is 5.74. The van der Waals surface area contributed by atoms with Crippen molar-refractivity contribution in [3.8, 4) is 0 Å². The molecule has 5 heteroatoms. The first kappa shape index (κ1) is 20.6. The second kappa shape index (κ2) is 9.46. The third-order valence-corrected chi connectivity index (χ3v) is 7.43. The van der Waals surface area contributed by atoms with Crippen LogP contribution in [0.1, 0.15) is 70.3 Å². The number of nitrogens with one attached hydrogen (secondary N) is 1. The van der Waals surface area contributed by atoms with Gasteiger partial charge in [-0.2, -0.15) is 0 Å². The number of likely N-dealkylation sites (tertiary alicyclic amines) is 1. The van der Waals surface area contributed by atoms with Crippen LogP contribution in [-0.4, -0.2) is 48.5 Å². The number of nitrogens with zero attached hydrogens (tertiary/aromatic N) is 3. The van der Waals surface area contributed by atoms with Crippen LogP contribution in [-0.2, 0) is 11.3 Å².